The zero-order chi connectivity index (χ0) is 11.1. The molecule has 0 fully saturated rings. The summed E-state index contributed by atoms with van der Waals surface area (Å²) >= 11 is 0. The summed E-state index contributed by atoms with van der Waals surface area (Å²) in [6, 6.07) is 0. The molecule has 0 bridgehead atoms. The summed E-state index contributed by atoms with van der Waals surface area (Å²) in [6.45, 7) is 1.54. The molecule has 1 aromatic rings. The van der Waals surface area contributed by atoms with Gasteiger partial charge >= 0.3 is 5.97 Å². The highest BCUT2D eigenvalue weighted by Crippen LogP contribution is 2.01. The van der Waals surface area contributed by atoms with Crippen LogP contribution in [0, 0.1) is 0 Å². The number of ether oxygens (including phenoxy) is 1. The summed E-state index contributed by atoms with van der Waals surface area (Å²) in [6.07, 6.45) is 4.92. The first-order valence-electron chi connectivity index (χ1n) is 4.99. The lowest BCUT2D eigenvalue weighted by molar-refractivity contribution is -0.140. The number of methoxy groups -OCH3 is 1. The Morgan fingerprint density at radius 3 is 3.13 bits per heavy atom. The number of carbonyl (C=O) groups is 1. The second-order valence-electron chi connectivity index (χ2n) is 3.25. The summed E-state index contributed by atoms with van der Waals surface area (Å²) < 4.78 is 6.61. The number of carbonyl (C=O) groups excluding carboxylic acids is 1. The van der Waals surface area contributed by atoms with E-state index in [0.717, 1.165) is 25.3 Å². The number of aryl methyl sites for hydroxylation is 1. The van der Waals surface area contributed by atoms with Gasteiger partial charge < -0.3 is 14.6 Å². The topological polar surface area (TPSA) is 56.2 Å². The quantitative estimate of drug-likeness (QED) is 0.698. The van der Waals surface area contributed by atoms with Gasteiger partial charge in [0.05, 0.1) is 13.7 Å². The molecule has 5 heteroatoms. The van der Waals surface area contributed by atoms with Gasteiger partial charge in [0.15, 0.2) is 0 Å². The molecular weight excluding hydrogens is 194 g/mol. The van der Waals surface area contributed by atoms with Crippen LogP contribution in [0.4, 0.5) is 0 Å². The lowest BCUT2D eigenvalue weighted by Crippen LogP contribution is -2.13. The van der Waals surface area contributed by atoms with Crippen LogP contribution < -0.4 is 5.32 Å². The number of rotatable bonds is 6. The first-order valence-corrected chi connectivity index (χ1v) is 4.99. The van der Waals surface area contributed by atoms with E-state index in [1.54, 1.807) is 6.20 Å². The summed E-state index contributed by atoms with van der Waals surface area (Å²) in [5, 5.41) is 3.05. The zero-order valence-electron chi connectivity index (χ0n) is 9.19. The van der Waals surface area contributed by atoms with Crippen LogP contribution in [0.15, 0.2) is 12.4 Å². The molecular formula is C10H17N3O2. The van der Waals surface area contributed by atoms with Crippen LogP contribution in [0.3, 0.4) is 0 Å². The van der Waals surface area contributed by atoms with E-state index in [1.165, 1.54) is 7.11 Å². The summed E-state index contributed by atoms with van der Waals surface area (Å²) in [5.74, 6) is 0.827. The van der Waals surface area contributed by atoms with E-state index in [0.29, 0.717) is 6.42 Å². The highest BCUT2D eigenvalue weighted by Gasteiger charge is 2.03. The van der Waals surface area contributed by atoms with Crippen molar-refractivity contribution in [3.63, 3.8) is 0 Å². The fraction of sp³-hybridized carbons (Fsp3) is 0.600. The van der Waals surface area contributed by atoms with Crippen molar-refractivity contribution >= 4 is 5.97 Å². The minimum absolute atomic E-state index is 0.162. The third-order valence-electron chi connectivity index (χ3n) is 2.14. The summed E-state index contributed by atoms with van der Waals surface area (Å²) in [5.41, 5.74) is 0. The SMILES string of the molecule is CNCc1nccn1CCCC(=O)OC. The Morgan fingerprint density at radius 1 is 1.67 bits per heavy atom. The first-order chi connectivity index (χ1) is 7.27. The predicted molar refractivity (Wildman–Crippen MR) is 56.2 cm³/mol. The average Bonchev–Trinajstić information content (AvgIpc) is 2.66. The van der Waals surface area contributed by atoms with Gasteiger partial charge in [-0.25, -0.2) is 4.98 Å². The number of imidazole rings is 1. The molecule has 0 aromatic carbocycles. The molecule has 0 aliphatic heterocycles. The molecule has 15 heavy (non-hydrogen) atoms. The van der Waals surface area contributed by atoms with E-state index in [2.05, 4.69) is 15.0 Å². The smallest absolute Gasteiger partial charge is 0.305 e. The molecule has 0 amide bonds. The van der Waals surface area contributed by atoms with Crippen LogP contribution in [0.25, 0.3) is 0 Å². The van der Waals surface area contributed by atoms with Crippen LogP contribution in [-0.2, 0) is 22.6 Å². The lowest BCUT2D eigenvalue weighted by Gasteiger charge is -2.06. The van der Waals surface area contributed by atoms with Crippen LogP contribution in [-0.4, -0.2) is 29.7 Å². The lowest BCUT2D eigenvalue weighted by atomic mass is 10.3. The highest BCUT2D eigenvalue weighted by molar-refractivity contribution is 5.68. The maximum absolute atomic E-state index is 10.9. The van der Waals surface area contributed by atoms with E-state index in [9.17, 15) is 4.79 Å². The molecule has 1 heterocycles. The monoisotopic (exact) mass is 211 g/mol. The summed E-state index contributed by atoms with van der Waals surface area (Å²) in [4.78, 5) is 15.1. The predicted octanol–water partition coefficient (Wildman–Crippen LogP) is 0.556. The van der Waals surface area contributed by atoms with Gasteiger partial charge in [0, 0.05) is 25.4 Å². The fourth-order valence-electron chi connectivity index (χ4n) is 1.36. The Kier molecular flexibility index (Phi) is 4.83. The normalized spacial score (nSPS) is 10.3. The molecule has 0 unspecified atom stereocenters. The van der Waals surface area contributed by atoms with Crippen molar-refractivity contribution in [3.8, 4) is 0 Å². The molecule has 0 spiro atoms. The standard InChI is InChI=1S/C10H17N3O2/c1-11-8-9-12-5-7-13(9)6-3-4-10(14)15-2/h5,7,11H,3-4,6,8H2,1-2H3. The Morgan fingerprint density at radius 2 is 2.47 bits per heavy atom. The summed E-state index contributed by atoms with van der Waals surface area (Å²) in [7, 11) is 3.29. The van der Waals surface area contributed by atoms with Crippen molar-refractivity contribution in [3.05, 3.63) is 18.2 Å². The first kappa shape index (κ1) is 11.7. The molecule has 5 nitrogen and oxygen atoms in total. The number of nitrogens with zero attached hydrogens (tertiary/aromatic N) is 2. The minimum atomic E-state index is -0.162. The van der Waals surface area contributed by atoms with Crippen molar-refractivity contribution in [1.29, 1.82) is 0 Å². The van der Waals surface area contributed by atoms with Crippen molar-refractivity contribution in [2.24, 2.45) is 0 Å². The number of hydrogen-bond acceptors (Lipinski definition) is 4. The van der Waals surface area contributed by atoms with Crippen LogP contribution >= 0.6 is 0 Å². The fourth-order valence-corrected chi connectivity index (χ4v) is 1.36. The Bertz CT molecular complexity index is 309. The van der Waals surface area contributed by atoms with Crippen molar-refractivity contribution < 1.29 is 9.53 Å². The maximum Gasteiger partial charge on any atom is 0.305 e. The van der Waals surface area contributed by atoms with Gasteiger partial charge in [-0.3, -0.25) is 4.79 Å². The van der Waals surface area contributed by atoms with Crippen molar-refractivity contribution in [2.45, 2.75) is 25.9 Å². The van der Waals surface area contributed by atoms with Crippen molar-refractivity contribution in [1.82, 2.24) is 14.9 Å². The third-order valence-corrected chi connectivity index (χ3v) is 2.14. The zero-order valence-corrected chi connectivity index (χ0v) is 9.19. The molecule has 0 atom stereocenters. The van der Waals surface area contributed by atoms with Gasteiger partial charge in [-0.2, -0.15) is 0 Å². The van der Waals surface area contributed by atoms with E-state index in [4.69, 9.17) is 0 Å². The second-order valence-corrected chi connectivity index (χ2v) is 3.25. The van der Waals surface area contributed by atoms with Gasteiger partial charge in [-0.15, -0.1) is 0 Å². The number of hydrogen-bond donors (Lipinski definition) is 1. The molecule has 0 saturated carbocycles. The molecule has 0 saturated heterocycles. The van der Waals surface area contributed by atoms with E-state index in [1.807, 2.05) is 17.8 Å². The van der Waals surface area contributed by atoms with Gasteiger partial charge in [-0.05, 0) is 13.5 Å². The molecule has 0 aliphatic rings. The molecule has 0 radical (unpaired) electrons. The van der Waals surface area contributed by atoms with Crippen LogP contribution in [0.1, 0.15) is 18.7 Å². The maximum atomic E-state index is 10.9. The Balaban J connectivity index is 2.36. The highest BCUT2D eigenvalue weighted by atomic mass is 16.5. The van der Waals surface area contributed by atoms with Gasteiger partial charge in [-0.1, -0.05) is 0 Å². The molecule has 1 N–H and O–H groups in total. The average molecular weight is 211 g/mol. The molecule has 1 aromatic heterocycles. The van der Waals surface area contributed by atoms with Gasteiger partial charge in [0.25, 0.3) is 0 Å². The number of aromatic nitrogens is 2. The molecule has 1 rings (SSSR count). The van der Waals surface area contributed by atoms with Gasteiger partial charge in [0.2, 0.25) is 0 Å². The Labute approximate surface area is 89.4 Å². The van der Waals surface area contributed by atoms with E-state index in [-0.39, 0.29) is 5.97 Å². The van der Waals surface area contributed by atoms with Gasteiger partial charge in [0.1, 0.15) is 5.82 Å². The largest absolute Gasteiger partial charge is 0.469 e. The van der Waals surface area contributed by atoms with Crippen molar-refractivity contribution in [2.75, 3.05) is 14.2 Å². The number of nitrogens with one attached hydrogen (secondary N) is 1. The van der Waals surface area contributed by atoms with Crippen LogP contribution in [0.2, 0.25) is 0 Å². The van der Waals surface area contributed by atoms with E-state index >= 15 is 0 Å². The number of esters is 1. The Hall–Kier alpha value is -1.36. The van der Waals surface area contributed by atoms with Crippen LogP contribution in [0.5, 0.6) is 0 Å². The van der Waals surface area contributed by atoms with E-state index < -0.39 is 0 Å². The minimum Gasteiger partial charge on any atom is -0.469 e. The second kappa shape index (κ2) is 6.19. The molecule has 84 valence electrons. The molecule has 0 aliphatic carbocycles. The third kappa shape index (κ3) is 3.71.